The van der Waals surface area contributed by atoms with Crippen LogP contribution in [-0.4, -0.2) is 19.1 Å². The van der Waals surface area contributed by atoms with Gasteiger partial charge in [0.25, 0.3) is 0 Å². The number of anilines is 2. The molecule has 0 fully saturated rings. The monoisotopic (exact) mass is 320 g/mol. The van der Waals surface area contributed by atoms with Gasteiger partial charge in [0.15, 0.2) is 0 Å². The lowest BCUT2D eigenvalue weighted by Crippen LogP contribution is -2.22. The second-order valence-electron chi connectivity index (χ2n) is 5.39. The number of fused-ring (bicyclic) bond motifs is 1. The van der Waals surface area contributed by atoms with Gasteiger partial charge in [0, 0.05) is 5.69 Å². The van der Waals surface area contributed by atoms with Crippen molar-refractivity contribution in [3.8, 4) is 5.75 Å². The van der Waals surface area contributed by atoms with Crippen LogP contribution in [0.3, 0.4) is 0 Å². The van der Waals surface area contributed by atoms with Gasteiger partial charge in [0.2, 0.25) is 5.91 Å². The van der Waals surface area contributed by atoms with Gasteiger partial charge in [-0.25, -0.2) is 0 Å². The Hall–Kier alpha value is -3.01. The topological polar surface area (TPSA) is 50.4 Å². The summed E-state index contributed by atoms with van der Waals surface area (Å²) in [5.74, 6) is 0.564. The molecular formula is C20H20N2O2. The molecular weight excluding hydrogens is 300 g/mol. The molecule has 0 saturated heterocycles. The molecule has 1 amide bonds. The number of ether oxygens (including phenoxy) is 1. The molecule has 3 aromatic carbocycles. The summed E-state index contributed by atoms with van der Waals surface area (Å²) in [6, 6.07) is 21.6. The number of benzene rings is 3. The van der Waals surface area contributed by atoms with Crippen LogP contribution in [0.2, 0.25) is 0 Å². The van der Waals surface area contributed by atoms with Crippen LogP contribution in [0.15, 0.2) is 66.7 Å². The molecule has 0 radical (unpaired) electrons. The molecule has 4 nitrogen and oxygen atoms in total. The molecule has 0 aliphatic heterocycles. The van der Waals surface area contributed by atoms with Crippen molar-refractivity contribution in [1.29, 1.82) is 0 Å². The average molecular weight is 320 g/mol. The summed E-state index contributed by atoms with van der Waals surface area (Å²) in [5, 5.41) is 8.35. The molecule has 0 aromatic heterocycles. The smallest absolute Gasteiger partial charge is 0.243 e. The van der Waals surface area contributed by atoms with Crippen molar-refractivity contribution in [2.75, 3.05) is 23.8 Å². The fourth-order valence-corrected chi connectivity index (χ4v) is 2.53. The zero-order valence-electron chi connectivity index (χ0n) is 13.6. The number of nitrogens with one attached hydrogen (secondary N) is 2. The molecule has 0 saturated carbocycles. The molecule has 122 valence electrons. The van der Waals surface area contributed by atoms with Crippen LogP contribution in [0.25, 0.3) is 10.8 Å². The number of rotatable bonds is 6. The Labute approximate surface area is 141 Å². The fraction of sp³-hybridized carbons (Fsp3) is 0.150. The first-order valence-corrected chi connectivity index (χ1v) is 8.00. The van der Waals surface area contributed by atoms with Crippen molar-refractivity contribution in [3.05, 3.63) is 66.7 Å². The summed E-state index contributed by atoms with van der Waals surface area (Å²) < 4.78 is 5.51. The van der Waals surface area contributed by atoms with Crippen molar-refractivity contribution in [3.63, 3.8) is 0 Å². The van der Waals surface area contributed by atoms with Crippen LogP contribution in [0, 0.1) is 0 Å². The predicted molar refractivity (Wildman–Crippen MR) is 98.7 cm³/mol. The minimum absolute atomic E-state index is 0.115. The van der Waals surface area contributed by atoms with E-state index in [0.29, 0.717) is 18.0 Å². The molecule has 0 aliphatic rings. The van der Waals surface area contributed by atoms with Crippen LogP contribution < -0.4 is 15.4 Å². The summed E-state index contributed by atoms with van der Waals surface area (Å²) in [4.78, 5) is 12.2. The molecule has 3 aromatic rings. The zero-order chi connectivity index (χ0) is 16.8. The molecule has 3 rings (SSSR count). The highest BCUT2D eigenvalue weighted by molar-refractivity contribution is 5.95. The molecule has 0 heterocycles. The number of para-hydroxylation sites is 2. The molecule has 0 spiro atoms. The SMILES string of the molecule is CCOc1ccccc1NC(=O)CNc1ccc2ccccc2c1. The fourth-order valence-electron chi connectivity index (χ4n) is 2.53. The molecule has 4 heteroatoms. The van der Waals surface area contributed by atoms with Crippen molar-refractivity contribution < 1.29 is 9.53 Å². The first kappa shape index (κ1) is 15.9. The number of carbonyl (C=O) groups excluding carboxylic acids is 1. The summed E-state index contributed by atoms with van der Waals surface area (Å²) >= 11 is 0. The van der Waals surface area contributed by atoms with Crippen molar-refractivity contribution in [2.45, 2.75) is 6.92 Å². The van der Waals surface area contributed by atoms with Gasteiger partial charge in [-0.1, -0.05) is 42.5 Å². The van der Waals surface area contributed by atoms with Gasteiger partial charge in [-0.3, -0.25) is 4.79 Å². The van der Waals surface area contributed by atoms with Gasteiger partial charge in [0.1, 0.15) is 5.75 Å². The molecule has 0 aliphatic carbocycles. The summed E-state index contributed by atoms with van der Waals surface area (Å²) in [6.45, 7) is 2.67. The molecule has 0 bridgehead atoms. The second-order valence-corrected chi connectivity index (χ2v) is 5.39. The van der Waals surface area contributed by atoms with E-state index in [0.717, 1.165) is 11.1 Å². The first-order chi connectivity index (χ1) is 11.8. The predicted octanol–water partition coefficient (Wildman–Crippen LogP) is 4.29. The third-order valence-electron chi connectivity index (χ3n) is 3.66. The standard InChI is InChI=1S/C20H20N2O2/c1-2-24-19-10-6-5-9-18(19)22-20(23)14-21-17-12-11-15-7-3-4-8-16(15)13-17/h3-13,21H,2,14H2,1H3,(H,22,23). The van der Waals surface area contributed by atoms with Crippen LogP contribution in [0.4, 0.5) is 11.4 Å². The normalized spacial score (nSPS) is 10.4. The van der Waals surface area contributed by atoms with Gasteiger partial charge < -0.3 is 15.4 Å². The number of carbonyl (C=O) groups is 1. The Morgan fingerprint density at radius 3 is 2.54 bits per heavy atom. The molecule has 0 unspecified atom stereocenters. The van der Waals surface area contributed by atoms with Crippen molar-refractivity contribution >= 4 is 28.1 Å². The van der Waals surface area contributed by atoms with Gasteiger partial charge in [-0.15, -0.1) is 0 Å². The maximum absolute atomic E-state index is 12.2. The van der Waals surface area contributed by atoms with Crippen molar-refractivity contribution in [2.24, 2.45) is 0 Å². The third kappa shape index (κ3) is 3.84. The van der Waals surface area contributed by atoms with Crippen LogP contribution in [0.1, 0.15) is 6.92 Å². The van der Waals surface area contributed by atoms with Gasteiger partial charge in [-0.05, 0) is 42.0 Å². The van der Waals surface area contributed by atoms with E-state index in [9.17, 15) is 4.79 Å². The Morgan fingerprint density at radius 1 is 0.958 bits per heavy atom. The molecule has 24 heavy (non-hydrogen) atoms. The van der Waals surface area contributed by atoms with E-state index in [1.807, 2.05) is 61.5 Å². The van der Waals surface area contributed by atoms with Crippen LogP contribution in [0.5, 0.6) is 5.75 Å². The lowest BCUT2D eigenvalue weighted by molar-refractivity contribution is -0.114. The maximum atomic E-state index is 12.2. The average Bonchev–Trinajstić information content (AvgIpc) is 2.62. The lowest BCUT2D eigenvalue weighted by Gasteiger charge is -2.12. The third-order valence-corrected chi connectivity index (χ3v) is 3.66. The Balaban J connectivity index is 1.62. The van der Waals surface area contributed by atoms with Gasteiger partial charge in [0.05, 0.1) is 18.8 Å². The Morgan fingerprint density at radius 2 is 1.71 bits per heavy atom. The lowest BCUT2D eigenvalue weighted by atomic mass is 10.1. The minimum atomic E-state index is -0.115. The number of hydrogen-bond donors (Lipinski definition) is 2. The summed E-state index contributed by atoms with van der Waals surface area (Å²) in [7, 11) is 0. The Kier molecular flexibility index (Phi) is 4.96. The van der Waals surface area contributed by atoms with Crippen LogP contribution >= 0.6 is 0 Å². The Bertz CT molecular complexity index is 846. The molecule has 2 N–H and O–H groups in total. The van der Waals surface area contributed by atoms with Crippen molar-refractivity contribution in [1.82, 2.24) is 0 Å². The van der Waals surface area contributed by atoms with Crippen LogP contribution in [-0.2, 0) is 4.79 Å². The highest BCUT2D eigenvalue weighted by Gasteiger charge is 2.07. The second kappa shape index (κ2) is 7.51. The summed E-state index contributed by atoms with van der Waals surface area (Å²) in [5.41, 5.74) is 1.60. The minimum Gasteiger partial charge on any atom is -0.492 e. The van der Waals surface area contributed by atoms with E-state index >= 15 is 0 Å². The van der Waals surface area contributed by atoms with Gasteiger partial charge in [-0.2, -0.15) is 0 Å². The highest BCUT2D eigenvalue weighted by Crippen LogP contribution is 2.23. The number of hydrogen-bond acceptors (Lipinski definition) is 3. The maximum Gasteiger partial charge on any atom is 0.243 e. The number of amides is 1. The quantitative estimate of drug-likeness (QED) is 0.712. The van der Waals surface area contributed by atoms with E-state index in [-0.39, 0.29) is 12.5 Å². The van der Waals surface area contributed by atoms with E-state index in [2.05, 4.69) is 22.8 Å². The summed E-state index contributed by atoms with van der Waals surface area (Å²) in [6.07, 6.45) is 0. The van der Waals surface area contributed by atoms with E-state index in [4.69, 9.17) is 4.74 Å². The zero-order valence-corrected chi connectivity index (χ0v) is 13.6. The van der Waals surface area contributed by atoms with E-state index in [1.165, 1.54) is 5.39 Å². The first-order valence-electron chi connectivity index (χ1n) is 8.00. The van der Waals surface area contributed by atoms with E-state index < -0.39 is 0 Å². The molecule has 0 atom stereocenters. The highest BCUT2D eigenvalue weighted by atomic mass is 16.5. The van der Waals surface area contributed by atoms with Gasteiger partial charge >= 0.3 is 0 Å². The van der Waals surface area contributed by atoms with E-state index in [1.54, 1.807) is 0 Å². The largest absolute Gasteiger partial charge is 0.492 e.